The molecule has 1 aliphatic rings. The summed E-state index contributed by atoms with van der Waals surface area (Å²) in [4.78, 5) is 16.3. The Morgan fingerprint density at radius 3 is 2.64 bits per heavy atom. The molecule has 1 aliphatic heterocycles. The van der Waals surface area contributed by atoms with E-state index in [2.05, 4.69) is 15.0 Å². The number of benzene rings is 2. The summed E-state index contributed by atoms with van der Waals surface area (Å²) in [7, 11) is -3.74. The second-order valence-electron chi connectivity index (χ2n) is 6.06. The van der Waals surface area contributed by atoms with Crippen LogP contribution < -0.4 is 10.0 Å². The molecule has 0 bridgehead atoms. The van der Waals surface area contributed by atoms with E-state index < -0.39 is 15.9 Å². The van der Waals surface area contributed by atoms with Crippen LogP contribution in [0.3, 0.4) is 0 Å². The molecule has 1 amide bonds. The topological polar surface area (TPSA) is 87.6 Å². The minimum Gasteiger partial charge on any atom is -0.322 e. The van der Waals surface area contributed by atoms with Gasteiger partial charge in [0.05, 0.1) is 14.9 Å². The third-order valence-electron chi connectivity index (χ3n) is 3.91. The number of rotatable bonds is 5. The molecular weight excluding hydrogens is 421 g/mol. The molecule has 0 aromatic heterocycles. The number of hydrogen-bond donors (Lipinski definition) is 2. The lowest BCUT2D eigenvalue weighted by atomic mass is 10.2. The van der Waals surface area contributed by atoms with Crippen LogP contribution in [0.15, 0.2) is 58.4 Å². The number of hydrogen-bond acceptors (Lipinski definition) is 4. The average molecular weight is 438 g/mol. The number of nitrogens with one attached hydrogen (secondary N) is 2. The van der Waals surface area contributed by atoms with Crippen molar-refractivity contribution in [1.29, 1.82) is 0 Å². The predicted molar refractivity (Wildman–Crippen MR) is 112 cm³/mol. The maximum absolute atomic E-state index is 12.5. The summed E-state index contributed by atoms with van der Waals surface area (Å²) < 4.78 is 27.4. The van der Waals surface area contributed by atoms with Gasteiger partial charge in [0, 0.05) is 24.7 Å². The van der Waals surface area contributed by atoms with E-state index in [-0.39, 0.29) is 4.90 Å². The van der Waals surface area contributed by atoms with Gasteiger partial charge in [-0.15, -0.1) is 0 Å². The third kappa shape index (κ3) is 5.34. The number of amidine groups is 1. The second kappa shape index (κ2) is 8.77. The maximum Gasteiger partial charge on any atom is 0.262 e. The lowest BCUT2D eigenvalue weighted by Crippen LogP contribution is -2.29. The molecule has 0 unspecified atom stereocenters. The fraction of sp³-hybridized carbons (Fsp3) is 0.158. The van der Waals surface area contributed by atoms with Gasteiger partial charge in [-0.2, -0.15) is 0 Å². The number of amides is 1. The van der Waals surface area contributed by atoms with Crippen molar-refractivity contribution in [2.24, 2.45) is 4.99 Å². The van der Waals surface area contributed by atoms with Crippen LogP contribution in [-0.4, -0.2) is 26.7 Å². The first-order valence-electron chi connectivity index (χ1n) is 8.44. The van der Waals surface area contributed by atoms with Crippen molar-refractivity contribution in [3.05, 3.63) is 64.1 Å². The first-order valence-corrected chi connectivity index (χ1v) is 10.7. The van der Waals surface area contributed by atoms with Gasteiger partial charge >= 0.3 is 0 Å². The molecule has 146 valence electrons. The van der Waals surface area contributed by atoms with Crippen molar-refractivity contribution in [2.45, 2.75) is 17.7 Å². The van der Waals surface area contributed by atoms with Crippen LogP contribution in [0, 0.1) is 0 Å². The highest BCUT2D eigenvalue weighted by atomic mass is 35.5. The van der Waals surface area contributed by atoms with Crippen LogP contribution in [-0.2, 0) is 14.8 Å². The molecule has 2 N–H and O–H groups in total. The standard InChI is InChI=1S/C19H17Cl2N3O3S/c20-16-8-6-13(11-17(16)21)7-9-19(25)23-14-3-1-4-15(12-14)28(26,27)24-18-5-2-10-22-18/h1,3-4,6-9,11-12H,2,5,10H2,(H,22,24)(H,23,25)/b9-7+. The Morgan fingerprint density at radius 1 is 1.11 bits per heavy atom. The van der Waals surface area contributed by atoms with Crippen molar-refractivity contribution in [1.82, 2.24) is 4.72 Å². The van der Waals surface area contributed by atoms with Gasteiger partial charge in [-0.05, 0) is 48.4 Å². The molecule has 28 heavy (non-hydrogen) atoms. The highest BCUT2D eigenvalue weighted by molar-refractivity contribution is 7.90. The molecule has 9 heteroatoms. The van der Waals surface area contributed by atoms with E-state index in [0.717, 1.165) is 6.42 Å². The molecular formula is C19H17Cl2N3O3S. The van der Waals surface area contributed by atoms with E-state index in [1.54, 1.807) is 36.4 Å². The summed E-state index contributed by atoms with van der Waals surface area (Å²) in [5.41, 5.74) is 1.07. The third-order valence-corrected chi connectivity index (χ3v) is 6.03. The molecule has 3 rings (SSSR count). The van der Waals surface area contributed by atoms with Gasteiger partial charge < -0.3 is 5.32 Å². The average Bonchev–Trinajstić information content (AvgIpc) is 3.15. The van der Waals surface area contributed by atoms with E-state index in [9.17, 15) is 13.2 Å². The molecule has 0 spiro atoms. The number of anilines is 1. The van der Waals surface area contributed by atoms with Crippen LogP contribution in [0.4, 0.5) is 5.69 Å². The monoisotopic (exact) mass is 437 g/mol. The summed E-state index contributed by atoms with van der Waals surface area (Å²) in [5.74, 6) is 0.0488. The lowest BCUT2D eigenvalue weighted by Gasteiger charge is -2.09. The molecule has 2 aromatic carbocycles. The van der Waals surface area contributed by atoms with Crippen LogP contribution in [0.5, 0.6) is 0 Å². The van der Waals surface area contributed by atoms with E-state index in [0.29, 0.717) is 40.1 Å². The Labute approximate surface area is 173 Å². The Kier molecular flexibility index (Phi) is 6.39. The van der Waals surface area contributed by atoms with Crippen molar-refractivity contribution in [2.75, 3.05) is 11.9 Å². The largest absolute Gasteiger partial charge is 0.322 e. The normalized spacial score (nSPS) is 14.1. The van der Waals surface area contributed by atoms with Gasteiger partial charge in [-0.25, -0.2) is 8.42 Å². The van der Waals surface area contributed by atoms with Gasteiger partial charge in [-0.1, -0.05) is 35.3 Å². The predicted octanol–water partition coefficient (Wildman–Crippen LogP) is 4.12. The molecule has 0 aliphatic carbocycles. The van der Waals surface area contributed by atoms with E-state index in [1.165, 1.54) is 18.2 Å². The summed E-state index contributed by atoms with van der Waals surface area (Å²) in [6.45, 7) is 0.624. The van der Waals surface area contributed by atoms with Gasteiger partial charge in [0.2, 0.25) is 5.91 Å². The second-order valence-corrected chi connectivity index (χ2v) is 8.56. The quantitative estimate of drug-likeness (QED) is 0.689. The highest BCUT2D eigenvalue weighted by Crippen LogP contribution is 2.23. The summed E-state index contributed by atoms with van der Waals surface area (Å²) in [6.07, 6.45) is 4.35. The first-order chi connectivity index (χ1) is 13.3. The van der Waals surface area contributed by atoms with Crippen LogP contribution in [0.1, 0.15) is 18.4 Å². The van der Waals surface area contributed by atoms with Crippen molar-refractivity contribution in [3.8, 4) is 0 Å². The highest BCUT2D eigenvalue weighted by Gasteiger charge is 2.18. The van der Waals surface area contributed by atoms with Crippen molar-refractivity contribution in [3.63, 3.8) is 0 Å². The molecule has 0 radical (unpaired) electrons. The summed E-state index contributed by atoms with van der Waals surface area (Å²) in [5, 5.41) is 3.46. The fourth-order valence-electron chi connectivity index (χ4n) is 2.55. The number of carbonyl (C=O) groups excluding carboxylic acids is 1. The lowest BCUT2D eigenvalue weighted by molar-refractivity contribution is -0.111. The number of sulfonamides is 1. The van der Waals surface area contributed by atoms with Crippen LogP contribution in [0.25, 0.3) is 6.08 Å². The zero-order valence-corrected chi connectivity index (χ0v) is 17.0. The number of nitrogens with zero attached hydrogens (tertiary/aromatic N) is 1. The van der Waals surface area contributed by atoms with E-state index in [4.69, 9.17) is 23.2 Å². The zero-order valence-electron chi connectivity index (χ0n) is 14.7. The molecule has 0 atom stereocenters. The number of carbonyl (C=O) groups is 1. The Hall–Kier alpha value is -2.35. The Bertz CT molecular complexity index is 1070. The van der Waals surface area contributed by atoms with Crippen molar-refractivity contribution < 1.29 is 13.2 Å². The van der Waals surface area contributed by atoms with Gasteiger partial charge in [-0.3, -0.25) is 14.5 Å². The molecule has 2 aromatic rings. The molecule has 1 heterocycles. The molecule has 0 saturated carbocycles. The SMILES string of the molecule is O=C(/C=C/c1ccc(Cl)c(Cl)c1)Nc1cccc(S(=O)(=O)NC2=NCCC2)c1. The number of halogens is 2. The van der Waals surface area contributed by atoms with Crippen LogP contribution >= 0.6 is 23.2 Å². The number of aliphatic imine (C=N–C) groups is 1. The minimum absolute atomic E-state index is 0.0494. The molecule has 6 nitrogen and oxygen atoms in total. The fourth-order valence-corrected chi connectivity index (χ4v) is 3.99. The maximum atomic E-state index is 12.5. The minimum atomic E-state index is -3.74. The van der Waals surface area contributed by atoms with Gasteiger partial charge in [0.15, 0.2) is 0 Å². The van der Waals surface area contributed by atoms with E-state index in [1.807, 2.05) is 0 Å². The Morgan fingerprint density at radius 2 is 1.93 bits per heavy atom. The van der Waals surface area contributed by atoms with E-state index >= 15 is 0 Å². The molecule has 0 saturated heterocycles. The Balaban J connectivity index is 1.69. The summed E-state index contributed by atoms with van der Waals surface area (Å²) in [6, 6.07) is 11.0. The van der Waals surface area contributed by atoms with Crippen molar-refractivity contribution >= 4 is 56.7 Å². The van der Waals surface area contributed by atoms with Gasteiger partial charge in [0.25, 0.3) is 10.0 Å². The zero-order chi connectivity index (χ0) is 20.1. The van der Waals surface area contributed by atoms with Gasteiger partial charge in [0.1, 0.15) is 5.84 Å². The smallest absolute Gasteiger partial charge is 0.262 e. The summed E-state index contributed by atoms with van der Waals surface area (Å²) >= 11 is 11.8. The van der Waals surface area contributed by atoms with Crippen LogP contribution in [0.2, 0.25) is 10.0 Å². The molecule has 0 fully saturated rings. The first kappa shape index (κ1) is 20.4.